The number of allylic oxidation sites excluding steroid dienone is 2. The van der Waals surface area contributed by atoms with E-state index in [9.17, 15) is 0 Å². The zero-order chi connectivity index (χ0) is 31.1. The van der Waals surface area contributed by atoms with Crippen molar-refractivity contribution in [3.05, 3.63) is 70.8 Å². The number of hydrogen-bond donors (Lipinski definition) is 0. The second-order valence-electron chi connectivity index (χ2n) is 12.3. The van der Waals surface area contributed by atoms with E-state index in [4.69, 9.17) is 9.98 Å². The summed E-state index contributed by atoms with van der Waals surface area (Å²) in [5.74, 6) is 0. The van der Waals surface area contributed by atoms with Crippen molar-refractivity contribution in [3.8, 4) is 0 Å². The second kappa shape index (κ2) is 25.2. The number of rotatable bonds is 23. The Morgan fingerprint density at radius 2 is 0.909 bits per heavy atom. The van der Waals surface area contributed by atoms with Gasteiger partial charge in [0.2, 0.25) is 0 Å². The van der Waals surface area contributed by atoms with Crippen LogP contribution in [0, 0.1) is 0 Å². The molecule has 0 saturated carbocycles. The van der Waals surface area contributed by atoms with Gasteiger partial charge in [0.15, 0.2) is 0 Å². The Hall–Kier alpha value is -1.99. The number of unbranched alkanes of at least 4 members (excludes halogenated alkanes) is 12. The van der Waals surface area contributed by atoms with Crippen LogP contribution in [0.4, 0.5) is 11.4 Å². The minimum absolute atomic E-state index is 0. The average Bonchev–Trinajstić information content (AvgIpc) is 3.03. The molecular weight excluding hydrogens is 579 g/mol. The van der Waals surface area contributed by atoms with E-state index in [1.165, 1.54) is 99.3 Å². The normalized spacial score (nSPS) is 12.2. The predicted molar refractivity (Wildman–Crippen MR) is 194 cm³/mol. The van der Waals surface area contributed by atoms with Crippen LogP contribution < -0.4 is 0 Å². The minimum atomic E-state index is 0. The topological polar surface area (TPSA) is 24.7 Å². The summed E-state index contributed by atoms with van der Waals surface area (Å²) in [6.07, 6.45) is 28.1. The van der Waals surface area contributed by atoms with Crippen molar-refractivity contribution < 1.29 is 16.5 Å². The summed E-state index contributed by atoms with van der Waals surface area (Å²) in [7, 11) is 0. The molecule has 0 bridgehead atoms. The Morgan fingerprint density at radius 3 is 1.36 bits per heavy atom. The molecule has 0 atom stereocenters. The Kier molecular flexibility index (Phi) is 23.0. The van der Waals surface area contributed by atoms with Crippen LogP contribution in [0.25, 0.3) is 0 Å². The van der Waals surface area contributed by atoms with Gasteiger partial charge in [0.25, 0.3) is 0 Å². The molecule has 3 heteroatoms. The number of nitrogens with zero attached hydrogens (tertiary/aromatic N) is 2. The van der Waals surface area contributed by atoms with Crippen LogP contribution in [-0.4, -0.2) is 11.4 Å². The van der Waals surface area contributed by atoms with Crippen LogP contribution in [-0.2, 0) is 42.2 Å². The summed E-state index contributed by atoms with van der Waals surface area (Å²) in [6, 6.07) is 13.8. The van der Waals surface area contributed by atoms with E-state index >= 15 is 0 Å². The smallest absolute Gasteiger partial charge is 0.0848 e. The molecule has 44 heavy (non-hydrogen) atoms. The number of benzene rings is 2. The average molecular weight is 644 g/mol. The molecule has 248 valence electrons. The van der Waals surface area contributed by atoms with E-state index in [1.54, 1.807) is 0 Å². The second-order valence-corrected chi connectivity index (χ2v) is 12.3. The van der Waals surface area contributed by atoms with Gasteiger partial charge >= 0.3 is 0 Å². The summed E-state index contributed by atoms with van der Waals surface area (Å²) in [6.45, 7) is 13.5. The van der Waals surface area contributed by atoms with Crippen LogP contribution in [0.1, 0.15) is 160 Å². The molecule has 0 amide bonds. The Morgan fingerprint density at radius 1 is 0.500 bits per heavy atom. The van der Waals surface area contributed by atoms with E-state index in [0.717, 1.165) is 67.7 Å². The van der Waals surface area contributed by atoms with Crippen LogP contribution in [0.5, 0.6) is 0 Å². The van der Waals surface area contributed by atoms with E-state index in [1.807, 2.05) is 0 Å². The predicted octanol–water partition coefficient (Wildman–Crippen LogP) is 13.2. The molecule has 2 rings (SSSR count). The molecule has 0 radical (unpaired) electrons. The van der Waals surface area contributed by atoms with E-state index in [-0.39, 0.29) is 16.5 Å². The largest absolute Gasteiger partial charge is 0.251 e. The molecule has 0 unspecified atom stereocenters. The van der Waals surface area contributed by atoms with Gasteiger partial charge in [-0.05, 0) is 104 Å². The molecule has 0 fully saturated rings. The maximum Gasteiger partial charge on any atom is 0.0848 e. The molecule has 2 nitrogen and oxygen atoms in total. The number of aryl methyl sites for hydroxylation is 4. The quantitative estimate of drug-likeness (QED) is 0.0654. The van der Waals surface area contributed by atoms with Gasteiger partial charge in [0.05, 0.1) is 22.8 Å². The Bertz CT molecular complexity index is 1080. The summed E-state index contributed by atoms with van der Waals surface area (Å²) >= 11 is 0. The van der Waals surface area contributed by atoms with Crippen molar-refractivity contribution in [1.82, 2.24) is 0 Å². The Labute approximate surface area is 282 Å². The number of aliphatic imine (C=N–C) groups is 2. The van der Waals surface area contributed by atoms with Crippen molar-refractivity contribution in [3.63, 3.8) is 0 Å². The van der Waals surface area contributed by atoms with Crippen molar-refractivity contribution in [2.24, 2.45) is 9.98 Å². The molecular formula is C41H64N2Ni. The first-order valence-electron chi connectivity index (χ1n) is 18.1. The van der Waals surface area contributed by atoms with Crippen LogP contribution >= 0.6 is 0 Å². The molecule has 0 saturated heterocycles. The van der Waals surface area contributed by atoms with Crippen molar-refractivity contribution in [1.29, 1.82) is 0 Å². The first kappa shape index (κ1) is 40.0. The van der Waals surface area contributed by atoms with Crippen LogP contribution in [0.2, 0.25) is 0 Å². The molecule has 0 aliphatic carbocycles. The third kappa shape index (κ3) is 16.4. The zero-order valence-corrected chi connectivity index (χ0v) is 30.3. The fourth-order valence-electron chi connectivity index (χ4n) is 5.65. The maximum absolute atomic E-state index is 5.34. The summed E-state index contributed by atoms with van der Waals surface area (Å²) in [5, 5.41) is 0. The third-order valence-electron chi connectivity index (χ3n) is 8.53. The molecule has 0 aliphatic rings. The van der Waals surface area contributed by atoms with Gasteiger partial charge in [0, 0.05) is 16.5 Å². The van der Waals surface area contributed by atoms with Gasteiger partial charge < -0.3 is 0 Å². The van der Waals surface area contributed by atoms with Crippen LogP contribution in [0.3, 0.4) is 0 Å². The monoisotopic (exact) mass is 642 g/mol. The minimum Gasteiger partial charge on any atom is -0.251 e. The fraction of sp³-hybridized carbons (Fsp3) is 0.610. The fourth-order valence-corrected chi connectivity index (χ4v) is 5.65. The molecule has 0 heterocycles. The standard InChI is InChI=1S/C41H64N2.Ni/c1-7-13-15-16-17-18-19-20-21-22-23-25-27-41(43-39-32-36(11-5)29-37(12-6)33-39)40(26-24-14-8-2)42-38-30-34(9-3)28-35(10-4)31-38;/h25,27-33H,7-24,26H2,1-6H3;. The summed E-state index contributed by atoms with van der Waals surface area (Å²) in [5.41, 5.74) is 9.76. The van der Waals surface area contributed by atoms with Gasteiger partial charge in [0.1, 0.15) is 0 Å². The molecule has 0 spiro atoms. The first-order valence-corrected chi connectivity index (χ1v) is 18.1. The third-order valence-corrected chi connectivity index (χ3v) is 8.53. The van der Waals surface area contributed by atoms with Gasteiger partial charge in [-0.3, -0.25) is 4.99 Å². The molecule has 2 aromatic rings. The molecule has 0 N–H and O–H groups in total. The number of hydrogen-bond acceptors (Lipinski definition) is 2. The van der Waals surface area contributed by atoms with E-state index in [0.29, 0.717) is 0 Å². The van der Waals surface area contributed by atoms with E-state index < -0.39 is 0 Å². The van der Waals surface area contributed by atoms with Gasteiger partial charge in [-0.2, -0.15) is 0 Å². The van der Waals surface area contributed by atoms with Crippen molar-refractivity contribution in [2.45, 2.75) is 164 Å². The molecule has 2 aromatic carbocycles. The van der Waals surface area contributed by atoms with E-state index in [2.05, 4.69) is 90.1 Å². The summed E-state index contributed by atoms with van der Waals surface area (Å²) in [4.78, 5) is 10.7. The van der Waals surface area contributed by atoms with Gasteiger partial charge in [-0.15, -0.1) is 0 Å². The van der Waals surface area contributed by atoms with Gasteiger partial charge in [-0.1, -0.05) is 130 Å². The molecule has 0 aromatic heterocycles. The maximum atomic E-state index is 5.34. The van der Waals surface area contributed by atoms with Crippen molar-refractivity contribution in [2.75, 3.05) is 0 Å². The first-order chi connectivity index (χ1) is 21.1. The van der Waals surface area contributed by atoms with Crippen LogP contribution in [0.15, 0.2) is 58.5 Å². The SMILES string of the molecule is CCCCCCCCCCCCC=CC(=Nc1cc(CC)cc(CC)c1)C(CCCCC)=Nc1cc(CC)cc(CC)c1.[Ni]. The summed E-state index contributed by atoms with van der Waals surface area (Å²) < 4.78 is 0. The zero-order valence-electron chi connectivity index (χ0n) is 29.3. The van der Waals surface area contributed by atoms with Gasteiger partial charge in [-0.25, -0.2) is 4.99 Å². The Balaban J connectivity index is 0.00000968. The molecule has 0 aliphatic heterocycles. The van der Waals surface area contributed by atoms with Crippen molar-refractivity contribution >= 4 is 22.8 Å².